The van der Waals surface area contributed by atoms with Gasteiger partial charge in [0.05, 0.1) is 6.04 Å². The Balaban J connectivity index is 0.00000106. The number of rotatable bonds is 5. The van der Waals surface area contributed by atoms with E-state index in [9.17, 15) is 9.59 Å². The van der Waals surface area contributed by atoms with Crippen LogP contribution in [0.4, 0.5) is 0 Å². The Hall–Kier alpha value is -2.46. The Labute approximate surface area is 125 Å². The molecular formula is C17H20N2O2. The first-order chi connectivity index (χ1) is 10.3. The zero-order chi connectivity index (χ0) is 15.5. The lowest BCUT2D eigenvalue weighted by Crippen LogP contribution is -2.37. The molecule has 0 saturated heterocycles. The molecular weight excluding hydrogens is 264 g/mol. The minimum absolute atomic E-state index is 0.228. The first-order valence-electron chi connectivity index (χ1n) is 6.72. The number of amides is 1. The maximum Gasteiger partial charge on any atom is 0.251 e. The summed E-state index contributed by atoms with van der Waals surface area (Å²) in [6, 6.07) is 18.0. The Kier molecular flexibility index (Phi) is 7.46. The molecule has 0 radical (unpaired) electrons. The second kappa shape index (κ2) is 9.44. The molecule has 4 heteroatoms. The molecule has 0 unspecified atom stereocenters. The maximum absolute atomic E-state index is 11.9. The van der Waals surface area contributed by atoms with Gasteiger partial charge in [-0.25, -0.2) is 0 Å². The summed E-state index contributed by atoms with van der Waals surface area (Å²) in [6.07, 6.45) is 1.27. The summed E-state index contributed by atoms with van der Waals surface area (Å²) in [5.41, 5.74) is 6.08. The van der Waals surface area contributed by atoms with E-state index in [2.05, 4.69) is 11.1 Å². The normalized spacial score (nSPS) is 10.8. The highest BCUT2D eigenvalue weighted by molar-refractivity contribution is 5.95. The molecule has 0 aliphatic rings. The number of carbonyl (C=O) groups excluding carboxylic acids is 2. The molecule has 0 fully saturated rings. The van der Waals surface area contributed by atoms with Crippen molar-refractivity contribution < 1.29 is 9.59 Å². The highest BCUT2D eigenvalue weighted by atomic mass is 16.2. The second-order valence-electron chi connectivity index (χ2n) is 4.27. The third-order valence-electron chi connectivity index (χ3n) is 2.82. The van der Waals surface area contributed by atoms with E-state index < -0.39 is 6.04 Å². The summed E-state index contributed by atoms with van der Waals surface area (Å²) in [7, 11) is 1.50. The van der Waals surface area contributed by atoms with Crippen molar-refractivity contribution in [2.45, 2.75) is 12.5 Å². The number of aldehydes is 1. The summed E-state index contributed by atoms with van der Waals surface area (Å²) in [6.45, 7) is 0. The van der Waals surface area contributed by atoms with Crippen LogP contribution in [0, 0.1) is 0 Å². The SMILES string of the molecule is CN.O=C[C@H](Cc1ccccc1)NC(=O)c1ccccc1. The summed E-state index contributed by atoms with van der Waals surface area (Å²) >= 11 is 0. The van der Waals surface area contributed by atoms with Gasteiger partial charge in [0.25, 0.3) is 5.91 Å². The molecule has 0 heterocycles. The Morgan fingerprint density at radius 2 is 1.57 bits per heavy atom. The van der Waals surface area contributed by atoms with Crippen LogP contribution in [0.3, 0.4) is 0 Å². The van der Waals surface area contributed by atoms with Gasteiger partial charge in [-0.05, 0) is 31.2 Å². The average molecular weight is 284 g/mol. The largest absolute Gasteiger partial charge is 0.342 e. The first-order valence-corrected chi connectivity index (χ1v) is 6.72. The molecule has 0 aromatic heterocycles. The van der Waals surface area contributed by atoms with E-state index in [1.54, 1.807) is 24.3 Å². The summed E-state index contributed by atoms with van der Waals surface area (Å²) in [5, 5.41) is 2.72. The van der Waals surface area contributed by atoms with Crippen molar-refractivity contribution in [1.29, 1.82) is 0 Å². The van der Waals surface area contributed by atoms with E-state index >= 15 is 0 Å². The van der Waals surface area contributed by atoms with Gasteiger partial charge in [0.15, 0.2) is 0 Å². The van der Waals surface area contributed by atoms with Gasteiger partial charge in [-0.15, -0.1) is 0 Å². The number of hydrogen-bond acceptors (Lipinski definition) is 3. The van der Waals surface area contributed by atoms with Gasteiger partial charge >= 0.3 is 0 Å². The standard InChI is InChI=1S/C16H15NO2.CH5N/c18-12-15(11-13-7-3-1-4-8-13)17-16(19)14-9-5-2-6-10-14;1-2/h1-10,12,15H,11H2,(H,17,19);2H2,1H3/t15-;/m0./s1. The zero-order valence-electron chi connectivity index (χ0n) is 12.0. The molecule has 0 aliphatic carbocycles. The molecule has 3 N–H and O–H groups in total. The highest BCUT2D eigenvalue weighted by Gasteiger charge is 2.13. The highest BCUT2D eigenvalue weighted by Crippen LogP contribution is 2.04. The van der Waals surface area contributed by atoms with E-state index in [0.29, 0.717) is 12.0 Å². The quantitative estimate of drug-likeness (QED) is 0.822. The molecule has 2 aromatic carbocycles. The molecule has 0 saturated carbocycles. The molecule has 1 atom stereocenters. The van der Waals surface area contributed by atoms with Crippen molar-refractivity contribution in [3.8, 4) is 0 Å². The number of benzene rings is 2. The molecule has 1 amide bonds. The molecule has 0 spiro atoms. The lowest BCUT2D eigenvalue weighted by atomic mass is 10.1. The van der Waals surface area contributed by atoms with Crippen molar-refractivity contribution in [2.75, 3.05) is 7.05 Å². The van der Waals surface area contributed by atoms with Crippen LogP contribution in [0.5, 0.6) is 0 Å². The number of carbonyl (C=O) groups is 2. The van der Waals surface area contributed by atoms with Crippen LogP contribution in [0.1, 0.15) is 15.9 Å². The van der Waals surface area contributed by atoms with Crippen LogP contribution in [-0.4, -0.2) is 25.3 Å². The van der Waals surface area contributed by atoms with E-state index in [4.69, 9.17) is 0 Å². The van der Waals surface area contributed by atoms with E-state index in [1.807, 2.05) is 36.4 Å². The topological polar surface area (TPSA) is 72.2 Å². The van der Waals surface area contributed by atoms with Crippen molar-refractivity contribution in [2.24, 2.45) is 5.73 Å². The third-order valence-corrected chi connectivity index (χ3v) is 2.82. The fourth-order valence-electron chi connectivity index (χ4n) is 1.84. The van der Waals surface area contributed by atoms with Crippen LogP contribution >= 0.6 is 0 Å². The number of hydrogen-bond donors (Lipinski definition) is 2. The van der Waals surface area contributed by atoms with Crippen molar-refractivity contribution in [3.05, 3.63) is 71.8 Å². The monoisotopic (exact) mass is 284 g/mol. The zero-order valence-corrected chi connectivity index (χ0v) is 12.0. The minimum Gasteiger partial charge on any atom is -0.342 e. The second-order valence-corrected chi connectivity index (χ2v) is 4.27. The van der Waals surface area contributed by atoms with Gasteiger partial charge < -0.3 is 15.8 Å². The van der Waals surface area contributed by atoms with Crippen LogP contribution in [0.25, 0.3) is 0 Å². The molecule has 0 aliphatic heterocycles. The lowest BCUT2D eigenvalue weighted by Gasteiger charge is -2.12. The predicted molar refractivity (Wildman–Crippen MR) is 84.0 cm³/mol. The van der Waals surface area contributed by atoms with Gasteiger partial charge in [0.1, 0.15) is 6.29 Å². The van der Waals surface area contributed by atoms with Crippen molar-refractivity contribution in [1.82, 2.24) is 5.32 Å². The minimum atomic E-state index is -0.505. The van der Waals surface area contributed by atoms with Crippen LogP contribution < -0.4 is 11.1 Å². The molecule has 0 bridgehead atoms. The van der Waals surface area contributed by atoms with Gasteiger partial charge in [-0.3, -0.25) is 4.79 Å². The molecule has 4 nitrogen and oxygen atoms in total. The smallest absolute Gasteiger partial charge is 0.251 e. The van der Waals surface area contributed by atoms with Crippen molar-refractivity contribution in [3.63, 3.8) is 0 Å². The van der Waals surface area contributed by atoms with E-state index in [-0.39, 0.29) is 5.91 Å². The van der Waals surface area contributed by atoms with Gasteiger partial charge in [0, 0.05) is 5.56 Å². The number of nitrogens with one attached hydrogen (secondary N) is 1. The predicted octanol–water partition coefficient (Wildman–Crippen LogP) is 1.80. The fraction of sp³-hybridized carbons (Fsp3) is 0.176. The number of nitrogens with two attached hydrogens (primary N) is 1. The van der Waals surface area contributed by atoms with Crippen LogP contribution in [0.15, 0.2) is 60.7 Å². The van der Waals surface area contributed by atoms with Crippen LogP contribution in [-0.2, 0) is 11.2 Å². The van der Waals surface area contributed by atoms with E-state index in [1.165, 1.54) is 7.05 Å². The van der Waals surface area contributed by atoms with E-state index in [0.717, 1.165) is 11.8 Å². The Bertz CT molecular complexity index is 541. The third kappa shape index (κ3) is 5.58. The Morgan fingerprint density at radius 1 is 1.05 bits per heavy atom. The molecule has 2 aromatic rings. The molecule has 110 valence electrons. The average Bonchev–Trinajstić information content (AvgIpc) is 2.57. The maximum atomic E-state index is 11.9. The first kappa shape index (κ1) is 16.6. The molecule has 2 rings (SSSR count). The Morgan fingerprint density at radius 3 is 2.10 bits per heavy atom. The van der Waals surface area contributed by atoms with Gasteiger partial charge in [0.2, 0.25) is 0 Å². The summed E-state index contributed by atoms with van der Waals surface area (Å²) < 4.78 is 0. The van der Waals surface area contributed by atoms with Crippen LogP contribution in [0.2, 0.25) is 0 Å². The molecule has 21 heavy (non-hydrogen) atoms. The van der Waals surface area contributed by atoms with Gasteiger partial charge in [-0.1, -0.05) is 48.5 Å². The fourth-order valence-corrected chi connectivity index (χ4v) is 1.84. The van der Waals surface area contributed by atoms with Gasteiger partial charge in [-0.2, -0.15) is 0 Å². The summed E-state index contributed by atoms with van der Waals surface area (Å²) in [5.74, 6) is -0.228. The summed E-state index contributed by atoms with van der Waals surface area (Å²) in [4.78, 5) is 23.0. The lowest BCUT2D eigenvalue weighted by molar-refractivity contribution is -0.109. The van der Waals surface area contributed by atoms with Crippen molar-refractivity contribution >= 4 is 12.2 Å².